The highest BCUT2D eigenvalue weighted by molar-refractivity contribution is 6.36. The van der Waals surface area contributed by atoms with Crippen molar-refractivity contribution in [2.45, 2.75) is 6.42 Å². The van der Waals surface area contributed by atoms with Crippen LogP contribution in [0.1, 0.15) is 12.0 Å². The van der Waals surface area contributed by atoms with Crippen molar-refractivity contribution >= 4 is 58.5 Å². The minimum Gasteiger partial charge on any atom is -0.326 e. The highest BCUT2D eigenvalue weighted by Gasteiger charge is 2.09. The Kier molecular flexibility index (Phi) is 6.61. The average Bonchev–Trinajstić information content (AvgIpc) is 2.51. The second kappa shape index (κ2) is 8.68. The smallest absolute Gasteiger partial charge is 0.249 e. The fourth-order valence-electron chi connectivity index (χ4n) is 1.70. The molecule has 0 fully saturated rings. The van der Waals surface area contributed by atoms with Crippen molar-refractivity contribution in [2.24, 2.45) is 5.10 Å². The summed E-state index contributed by atoms with van der Waals surface area (Å²) in [7, 11) is 0. The lowest BCUT2D eigenvalue weighted by molar-refractivity contribution is -0.126. The molecule has 0 aliphatic heterocycles. The maximum atomic E-state index is 11.7. The average molecular weight is 385 g/mol. The van der Waals surface area contributed by atoms with Gasteiger partial charge in [-0.1, -0.05) is 40.9 Å². The van der Waals surface area contributed by atoms with Crippen molar-refractivity contribution in [1.82, 2.24) is 5.43 Å². The van der Waals surface area contributed by atoms with E-state index >= 15 is 0 Å². The molecule has 0 unspecified atom stereocenters. The number of hydrogen-bond acceptors (Lipinski definition) is 3. The summed E-state index contributed by atoms with van der Waals surface area (Å²) in [6, 6.07) is 11.4. The molecule has 24 heavy (non-hydrogen) atoms. The van der Waals surface area contributed by atoms with Gasteiger partial charge in [0.05, 0.1) is 11.2 Å². The Bertz CT molecular complexity index is 777. The molecule has 2 amide bonds. The highest BCUT2D eigenvalue weighted by atomic mass is 35.5. The molecule has 124 valence electrons. The van der Waals surface area contributed by atoms with Crippen LogP contribution in [0.4, 0.5) is 5.69 Å². The number of amides is 2. The first-order valence-electron chi connectivity index (χ1n) is 6.76. The van der Waals surface area contributed by atoms with E-state index in [0.717, 1.165) is 0 Å². The van der Waals surface area contributed by atoms with Crippen LogP contribution in [0.5, 0.6) is 0 Å². The zero-order valence-electron chi connectivity index (χ0n) is 12.2. The van der Waals surface area contributed by atoms with Gasteiger partial charge < -0.3 is 5.32 Å². The molecule has 0 saturated carbocycles. The Morgan fingerprint density at radius 3 is 2.29 bits per heavy atom. The van der Waals surface area contributed by atoms with Gasteiger partial charge in [0.2, 0.25) is 11.8 Å². The van der Waals surface area contributed by atoms with E-state index in [0.29, 0.717) is 26.3 Å². The van der Waals surface area contributed by atoms with Gasteiger partial charge in [0.25, 0.3) is 0 Å². The van der Waals surface area contributed by atoms with E-state index in [1.165, 1.54) is 6.21 Å². The lowest BCUT2D eigenvalue weighted by Gasteiger charge is -2.04. The number of nitrogens with one attached hydrogen (secondary N) is 2. The predicted molar refractivity (Wildman–Crippen MR) is 96.9 cm³/mol. The molecule has 0 spiro atoms. The van der Waals surface area contributed by atoms with Crippen LogP contribution in [0.15, 0.2) is 47.6 Å². The maximum absolute atomic E-state index is 11.7. The molecule has 0 aliphatic carbocycles. The molecular weight excluding hydrogens is 373 g/mol. The second-order valence-electron chi connectivity index (χ2n) is 4.69. The topological polar surface area (TPSA) is 70.6 Å². The standard InChI is InChI=1S/C16H12Cl3N3O2/c17-11-3-5-13(6-4-11)21-15(23)8-16(24)22-20-9-10-1-2-12(18)7-14(10)19/h1-7,9H,8H2,(H,21,23)(H,22,24). The molecule has 0 bridgehead atoms. The first-order valence-corrected chi connectivity index (χ1v) is 7.90. The summed E-state index contributed by atoms with van der Waals surface area (Å²) < 4.78 is 0. The van der Waals surface area contributed by atoms with Crippen LogP contribution in [-0.2, 0) is 9.59 Å². The van der Waals surface area contributed by atoms with Crippen molar-refractivity contribution in [3.05, 3.63) is 63.1 Å². The van der Waals surface area contributed by atoms with E-state index in [4.69, 9.17) is 34.8 Å². The van der Waals surface area contributed by atoms with Gasteiger partial charge in [-0.3, -0.25) is 9.59 Å². The lowest BCUT2D eigenvalue weighted by atomic mass is 10.2. The number of halogens is 3. The summed E-state index contributed by atoms with van der Waals surface area (Å²) in [5, 5.41) is 7.79. The molecule has 2 rings (SSSR count). The Labute approximate surface area is 153 Å². The summed E-state index contributed by atoms with van der Waals surface area (Å²) in [4.78, 5) is 23.4. The minimum absolute atomic E-state index is 0.367. The summed E-state index contributed by atoms with van der Waals surface area (Å²) in [5.41, 5.74) is 3.40. The maximum Gasteiger partial charge on any atom is 0.249 e. The fraction of sp³-hybridized carbons (Fsp3) is 0.0625. The number of rotatable bonds is 5. The molecule has 0 atom stereocenters. The van der Waals surface area contributed by atoms with Crippen LogP contribution in [0, 0.1) is 0 Å². The number of carbonyl (C=O) groups is 2. The summed E-state index contributed by atoms with van der Waals surface area (Å²) >= 11 is 17.5. The van der Waals surface area contributed by atoms with E-state index in [2.05, 4.69) is 15.8 Å². The van der Waals surface area contributed by atoms with E-state index in [1.54, 1.807) is 42.5 Å². The number of hydrogen-bond donors (Lipinski definition) is 2. The normalized spacial score (nSPS) is 10.6. The van der Waals surface area contributed by atoms with Crippen molar-refractivity contribution in [3.8, 4) is 0 Å². The Balaban J connectivity index is 1.83. The molecule has 0 heterocycles. The highest BCUT2D eigenvalue weighted by Crippen LogP contribution is 2.19. The van der Waals surface area contributed by atoms with Crippen LogP contribution in [-0.4, -0.2) is 18.0 Å². The molecule has 5 nitrogen and oxygen atoms in total. The number of anilines is 1. The number of benzene rings is 2. The Hall–Kier alpha value is -2.08. The zero-order chi connectivity index (χ0) is 17.5. The Morgan fingerprint density at radius 2 is 1.62 bits per heavy atom. The molecule has 0 radical (unpaired) electrons. The van der Waals surface area contributed by atoms with Crippen LogP contribution in [0.3, 0.4) is 0 Å². The van der Waals surface area contributed by atoms with Crippen molar-refractivity contribution in [2.75, 3.05) is 5.32 Å². The number of carbonyl (C=O) groups excluding carboxylic acids is 2. The van der Waals surface area contributed by atoms with Gasteiger partial charge in [0, 0.05) is 21.3 Å². The largest absolute Gasteiger partial charge is 0.326 e. The van der Waals surface area contributed by atoms with Gasteiger partial charge >= 0.3 is 0 Å². The van der Waals surface area contributed by atoms with Crippen LogP contribution >= 0.6 is 34.8 Å². The molecule has 2 aromatic carbocycles. The molecule has 0 aliphatic rings. The van der Waals surface area contributed by atoms with Crippen molar-refractivity contribution in [3.63, 3.8) is 0 Å². The summed E-state index contributed by atoms with van der Waals surface area (Å²) in [6.07, 6.45) is 1.00. The predicted octanol–water partition coefficient (Wildman–Crippen LogP) is 4.13. The number of hydrazone groups is 1. The third kappa shape index (κ3) is 5.85. The van der Waals surface area contributed by atoms with E-state index in [1.807, 2.05) is 0 Å². The molecule has 0 aromatic heterocycles. The third-order valence-electron chi connectivity index (χ3n) is 2.80. The molecule has 2 N–H and O–H groups in total. The fourth-order valence-corrected chi connectivity index (χ4v) is 2.29. The number of nitrogens with zero attached hydrogens (tertiary/aromatic N) is 1. The van der Waals surface area contributed by atoms with Crippen LogP contribution in [0.2, 0.25) is 15.1 Å². The first-order chi connectivity index (χ1) is 11.4. The molecular formula is C16H12Cl3N3O2. The molecule has 2 aromatic rings. The van der Waals surface area contributed by atoms with Gasteiger partial charge in [-0.05, 0) is 36.4 Å². The lowest BCUT2D eigenvalue weighted by Crippen LogP contribution is -2.24. The van der Waals surface area contributed by atoms with Gasteiger partial charge in [-0.25, -0.2) is 5.43 Å². The molecule has 0 saturated heterocycles. The van der Waals surface area contributed by atoms with E-state index < -0.39 is 11.8 Å². The zero-order valence-corrected chi connectivity index (χ0v) is 14.5. The summed E-state index contributed by atoms with van der Waals surface area (Å²) in [5.74, 6) is -1.02. The summed E-state index contributed by atoms with van der Waals surface area (Å²) in [6.45, 7) is 0. The van der Waals surface area contributed by atoms with Gasteiger partial charge in [-0.15, -0.1) is 0 Å². The van der Waals surface area contributed by atoms with Crippen LogP contribution < -0.4 is 10.7 Å². The monoisotopic (exact) mass is 383 g/mol. The SMILES string of the molecule is O=C(CC(=O)Nc1ccc(Cl)cc1)NN=Cc1ccc(Cl)cc1Cl. The van der Waals surface area contributed by atoms with Crippen molar-refractivity contribution < 1.29 is 9.59 Å². The van der Waals surface area contributed by atoms with Gasteiger partial charge in [-0.2, -0.15) is 5.10 Å². The van der Waals surface area contributed by atoms with E-state index in [9.17, 15) is 9.59 Å². The van der Waals surface area contributed by atoms with Gasteiger partial charge in [0.15, 0.2) is 0 Å². The molecule has 8 heteroatoms. The second-order valence-corrected chi connectivity index (χ2v) is 5.97. The quantitative estimate of drug-likeness (QED) is 0.462. The van der Waals surface area contributed by atoms with Crippen molar-refractivity contribution in [1.29, 1.82) is 0 Å². The minimum atomic E-state index is -0.553. The third-order valence-corrected chi connectivity index (χ3v) is 3.62. The van der Waals surface area contributed by atoms with Gasteiger partial charge in [0.1, 0.15) is 6.42 Å². The first kappa shape index (κ1) is 18.3. The Morgan fingerprint density at radius 1 is 0.958 bits per heavy atom. The van der Waals surface area contributed by atoms with E-state index in [-0.39, 0.29) is 6.42 Å². The van der Waals surface area contributed by atoms with Crippen LogP contribution in [0.25, 0.3) is 0 Å².